The molecule has 3 aromatic carbocycles. The van der Waals surface area contributed by atoms with Gasteiger partial charge in [0, 0.05) is 36.0 Å². The molecular weight excluding hydrogens is 468 g/mol. The van der Waals surface area contributed by atoms with Gasteiger partial charge in [0.15, 0.2) is 4.87 Å². The molecular formula is C27H25F2N3O2S. The number of fused-ring (bicyclic) bond motifs is 2. The SMILES string of the molecule is Cc1cccc(CNC(=O)N2CCSC23C(=O)N(Cc2ccc(F)cc2F)c2ccc(C)cc23)c1. The van der Waals surface area contributed by atoms with E-state index in [0.717, 1.165) is 28.3 Å². The molecule has 0 radical (unpaired) electrons. The zero-order valence-electron chi connectivity index (χ0n) is 19.5. The zero-order chi connectivity index (χ0) is 24.7. The molecule has 5 rings (SSSR count). The van der Waals surface area contributed by atoms with E-state index in [1.807, 2.05) is 56.3 Å². The molecule has 5 nitrogen and oxygen atoms in total. The molecule has 0 bridgehead atoms. The Balaban J connectivity index is 1.48. The van der Waals surface area contributed by atoms with Crippen LogP contribution < -0.4 is 10.2 Å². The lowest BCUT2D eigenvalue weighted by Gasteiger charge is -2.33. The van der Waals surface area contributed by atoms with Gasteiger partial charge in [-0.15, -0.1) is 11.8 Å². The van der Waals surface area contributed by atoms with E-state index in [4.69, 9.17) is 0 Å². The molecule has 1 unspecified atom stereocenters. The number of carbonyl (C=O) groups excluding carboxylic acids is 2. The lowest BCUT2D eigenvalue weighted by atomic mass is 10.0. The van der Waals surface area contributed by atoms with Crippen LogP contribution >= 0.6 is 11.8 Å². The highest BCUT2D eigenvalue weighted by atomic mass is 32.2. The number of benzene rings is 3. The second-order valence-electron chi connectivity index (χ2n) is 8.94. The lowest BCUT2D eigenvalue weighted by molar-refractivity contribution is -0.123. The molecule has 1 fully saturated rings. The quantitative estimate of drug-likeness (QED) is 0.541. The van der Waals surface area contributed by atoms with Gasteiger partial charge in [0.25, 0.3) is 5.91 Å². The highest BCUT2D eigenvalue weighted by Crippen LogP contribution is 2.54. The van der Waals surface area contributed by atoms with Gasteiger partial charge < -0.3 is 10.2 Å². The smallest absolute Gasteiger partial charge is 0.319 e. The Morgan fingerprint density at radius 3 is 2.63 bits per heavy atom. The maximum Gasteiger partial charge on any atom is 0.319 e. The third-order valence-electron chi connectivity index (χ3n) is 6.46. The van der Waals surface area contributed by atoms with Gasteiger partial charge in [-0.2, -0.15) is 0 Å². The number of amides is 3. The Morgan fingerprint density at radius 2 is 1.86 bits per heavy atom. The zero-order valence-corrected chi connectivity index (χ0v) is 20.3. The summed E-state index contributed by atoms with van der Waals surface area (Å²) in [7, 11) is 0. The summed E-state index contributed by atoms with van der Waals surface area (Å²) in [4.78, 5) is 29.3. The van der Waals surface area contributed by atoms with Crippen LogP contribution in [0.3, 0.4) is 0 Å². The molecule has 3 aromatic rings. The van der Waals surface area contributed by atoms with Crippen molar-refractivity contribution in [2.75, 3.05) is 17.2 Å². The molecule has 180 valence electrons. The van der Waals surface area contributed by atoms with Crippen molar-refractivity contribution in [1.82, 2.24) is 10.2 Å². The topological polar surface area (TPSA) is 52.7 Å². The number of hydrogen-bond donors (Lipinski definition) is 1. The Labute approximate surface area is 207 Å². The normalized spacial score (nSPS) is 18.9. The van der Waals surface area contributed by atoms with Gasteiger partial charge in [0.2, 0.25) is 0 Å². The van der Waals surface area contributed by atoms with Crippen molar-refractivity contribution in [1.29, 1.82) is 0 Å². The Kier molecular flexibility index (Phi) is 6.01. The van der Waals surface area contributed by atoms with Crippen LogP contribution in [0.25, 0.3) is 0 Å². The van der Waals surface area contributed by atoms with E-state index >= 15 is 0 Å². The molecule has 35 heavy (non-hydrogen) atoms. The number of carbonyl (C=O) groups is 2. The number of anilines is 1. The van der Waals surface area contributed by atoms with Crippen molar-refractivity contribution >= 4 is 29.4 Å². The van der Waals surface area contributed by atoms with E-state index in [1.165, 1.54) is 28.8 Å². The number of thioether (sulfide) groups is 1. The van der Waals surface area contributed by atoms with Crippen LogP contribution in [-0.2, 0) is 22.8 Å². The third kappa shape index (κ3) is 4.05. The molecule has 3 amide bonds. The van der Waals surface area contributed by atoms with Gasteiger partial charge in [0.05, 0.1) is 12.2 Å². The summed E-state index contributed by atoms with van der Waals surface area (Å²) in [5.74, 6) is -1.08. The van der Waals surface area contributed by atoms with Gasteiger partial charge in [-0.1, -0.05) is 53.6 Å². The molecule has 2 heterocycles. The average Bonchev–Trinajstić information content (AvgIpc) is 3.36. The molecule has 1 spiro atoms. The van der Waals surface area contributed by atoms with Crippen molar-refractivity contribution in [2.45, 2.75) is 31.8 Å². The summed E-state index contributed by atoms with van der Waals surface area (Å²) < 4.78 is 27.9. The minimum Gasteiger partial charge on any atom is -0.334 e. The first kappa shape index (κ1) is 23.4. The van der Waals surface area contributed by atoms with E-state index in [-0.39, 0.29) is 24.0 Å². The minimum absolute atomic E-state index is 0.0535. The van der Waals surface area contributed by atoms with Crippen LogP contribution in [0, 0.1) is 25.5 Å². The Morgan fingerprint density at radius 1 is 1.06 bits per heavy atom. The van der Waals surface area contributed by atoms with E-state index in [1.54, 1.807) is 4.90 Å². The second-order valence-corrected chi connectivity index (χ2v) is 10.2. The van der Waals surface area contributed by atoms with Crippen LogP contribution in [-0.4, -0.2) is 29.1 Å². The number of nitrogens with zero attached hydrogens (tertiary/aromatic N) is 2. The molecule has 1 atom stereocenters. The summed E-state index contributed by atoms with van der Waals surface area (Å²) in [6.45, 7) is 4.62. The van der Waals surface area contributed by atoms with Crippen LogP contribution in [0.2, 0.25) is 0 Å². The number of nitrogens with one attached hydrogen (secondary N) is 1. The van der Waals surface area contributed by atoms with Gasteiger partial charge in [-0.25, -0.2) is 13.6 Å². The molecule has 0 aliphatic carbocycles. The predicted molar refractivity (Wildman–Crippen MR) is 133 cm³/mol. The van der Waals surface area contributed by atoms with Gasteiger partial charge in [-0.05, 0) is 31.5 Å². The number of urea groups is 1. The predicted octanol–water partition coefficient (Wildman–Crippen LogP) is 5.24. The van der Waals surface area contributed by atoms with Crippen molar-refractivity contribution in [3.05, 3.63) is 100 Å². The van der Waals surface area contributed by atoms with Crippen LogP contribution in [0.1, 0.15) is 27.8 Å². The molecule has 1 N–H and O–H groups in total. The summed E-state index contributed by atoms with van der Waals surface area (Å²) in [5.41, 5.74) is 4.60. The summed E-state index contributed by atoms with van der Waals surface area (Å²) in [5, 5.41) is 2.97. The highest BCUT2D eigenvalue weighted by molar-refractivity contribution is 8.01. The van der Waals surface area contributed by atoms with Crippen molar-refractivity contribution in [3.8, 4) is 0 Å². The van der Waals surface area contributed by atoms with Gasteiger partial charge in [0.1, 0.15) is 11.6 Å². The second kappa shape index (κ2) is 9.00. The number of aryl methyl sites for hydroxylation is 2. The van der Waals surface area contributed by atoms with Crippen LogP contribution in [0.15, 0.2) is 60.7 Å². The average molecular weight is 494 g/mol. The monoisotopic (exact) mass is 493 g/mol. The van der Waals surface area contributed by atoms with Crippen LogP contribution in [0.5, 0.6) is 0 Å². The minimum atomic E-state index is -1.23. The highest BCUT2D eigenvalue weighted by Gasteiger charge is 2.59. The maximum atomic E-state index is 14.5. The number of hydrogen-bond acceptors (Lipinski definition) is 3. The van der Waals surface area contributed by atoms with E-state index in [9.17, 15) is 18.4 Å². The van der Waals surface area contributed by atoms with Crippen molar-refractivity contribution in [3.63, 3.8) is 0 Å². The summed E-state index contributed by atoms with van der Waals surface area (Å²) in [6.07, 6.45) is 0. The van der Waals surface area contributed by atoms with E-state index in [0.29, 0.717) is 24.5 Å². The molecule has 1 saturated heterocycles. The fraction of sp³-hybridized carbons (Fsp3) is 0.259. The largest absolute Gasteiger partial charge is 0.334 e. The fourth-order valence-electron chi connectivity index (χ4n) is 4.80. The number of halogens is 2. The lowest BCUT2D eigenvalue weighted by Crippen LogP contribution is -2.53. The molecule has 2 aliphatic rings. The van der Waals surface area contributed by atoms with Crippen LogP contribution in [0.4, 0.5) is 19.3 Å². The molecule has 2 aliphatic heterocycles. The third-order valence-corrected chi connectivity index (χ3v) is 7.88. The fourth-order valence-corrected chi connectivity index (χ4v) is 6.25. The van der Waals surface area contributed by atoms with E-state index < -0.39 is 16.5 Å². The number of rotatable bonds is 4. The first-order valence-corrected chi connectivity index (χ1v) is 12.4. The molecule has 8 heteroatoms. The first-order chi connectivity index (χ1) is 16.8. The van der Waals surface area contributed by atoms with Gasteiger partial charge in [-0.3, -0.25) is 9.69 Å². The summed E-state index contributed by atoms with van der Waals surface area (Å²) in [6, 6.07) is 16.6. The molecule has 0 saturated carbocycles. The van der Waals surface area contributed by atoms with E-state index in [2.05, 4.69) is 5.32 Å². The standard InChI is InChI=1S/C27H25F2N3O2S/c1-17-4-3-5-19(12-17)15-30-26(34)32-10-11-35-27(32)22-13-18(2)6-9-24(22)31(25(27)33)16-20-7-8-21(28)14-23(20)29/h3-9,12-14H,10-11,15-16H2,1-2H3,(H,30,34). The summed E-state index contributed by atoms with van der Waals surface area (Å²) >= 11 is 1.41. The van der Waals surface area contributed by atoms with Crippen molar-refractivity contribution < 1.29 is 18.4 Å². The van der Waals surface area contributed by atoms with Crippen molar-refractivity contribution in [2.24, 2.45) is 0 Å². The maximum absolute atomic E-state index is 14.5. The van der Waals surface area contributed by atoms with Gasteiger partial charge >= 0.3 is 6.03 Å². The first-order valence-electron chi connectivity index (χ1n) is 11.4. The Hall–Kier alpha value is -3.39. The molecule has 0 aromatic heterocycles. The Bertz CT molecular complexity index is 1330.